The maximum absolute atomic E-state index is 8.03. The molecule has 1 aliphatic carbocycles. The van der Waals surface area contributed by atoms with Crippen LogP contribution in [0.3, 0.4) is 0 Å². The van der Waals surface area contributed by atoms with Gasteiger partial charge in [0.1, 0.15) is 0 Å². The van der Waals surface area contributed by atoms with Gasteiger partial charge in [0.05, 0.1) is 0 Å². The van der Waals surface area contributed by atoms with Crippen molar-refractivity contribution in [2.45, 2.75) is 69.2 Å². The molecule has 0 N–H and O–H groups in total. The first-order valence-corrected chi connectivity index (χ1v) is 32.9. The second-order valence-corrected chi connectivity index (χ2v) is 40.2. The summed E-state index contributed by atoms with van der Waals surface area (Å²) in [6.45, 7) is 22.2. The molecule has 0 aromatic heterocycles. The van der Waals surface area contributed by atoms with Gasteiger partial charge < -0.3 is 0 Å². The van der Waals surface area contributed by atoms with Crippen molar-refractivity contribution in [3.05, 3.63) is 128 Å². The molecule has 6 heteroatoms. The van der Waals surface area contributed by atoms with E-state index in [1.807, 2.05) is 0 Å². The molecule has 0 spiro atoms. The first-order valence-electron chi connectivity index (χ1n) is 18.1. The molecule has 12 rings (SSSR count). The van der Waals surface area contributed by atoms with Crippen LogP contribution in [-0.2, 0) is 2.82 Å². The summed E-state index contributed by atoms with van der Waals surface area (Å²) in [4.78, 5) is 0. The van der Waals surface area contributed by atoms with E-state index in [2.05, 4.69) is 142 Å². The molecule has 6 aromatic carbocycles. The second kappa shape index (κ2) is 12.0. The number of hydrogen-bond acceptors (Lipinski definition) is 2. The summed E-state index contributed by atoms with van der Waals surface area (Å²) < 4.78 is 16.9. The molecule has 1 saturated heterocycles. The zero-order chi connectivity index (χ0) is 36.8. The fourth-order valence-corrected chi connectivity index (χ4v) is 66.2. The molecule has 0 unspecified atom stereocenters. The van der Waals surface area contributed by atoms with Crippen LogP contribution in [0.15, 0.2) is 72.8 Å². The van der Waals surface area contributed by atoms with E-state index in [0.717, 1.165) is 29.4 Å². The molecule has 0 radical (unpaired) electrons. The Labute approximate surface area is 325 Å². The third kappa shape index (κ3) is 4.83. The summed E-state index contributed by atoms with van der Waals surface area (Å²) in [6.07, 6.45) is 0. The topological polar surface area (TPSA) is 18.5 Å². The molecule has 0 atom stereocenters. The predicted octanol–water partition coefficient (Wildman–Crippen LogP) is 11.9. The Morgan fingerprint density at radius 3 is 0.942 bits per heavy atom. The van der Waals surface area contributed by atoms with E-state index in [1.165, 1.54) is 100 Å². The molecule has 5 heterocycles. The van der Waals surface area contributed by atoms with Gasteiger partial charge in [-0.25, -0.2) is 0 Å². The summed E-state index contributed by atoms with van der Waals surface area (Å²) in [6, 6.07) is 27.1. The predicted molar refractivity (Wildman–Crippen MR) is 225 cm³/mol. The number of halogens is 2. The summed E-state index contributed by atoms with van der Waals surface area (Å²) >= 11 is -9.29. The van der Waals surface area contributed by atoms with Crippen LogP contribution in [0.25, 0.3) is 66.8 Å². The molecule has 52 heavy (non-hydrogen) atoms. The Balaban J connectivity index is 1.47. The molecule has 6 aliphatic rings. The van der Waals surface area contributed by atoms with Gasteiger partial charge in [-0.05, 0) is 0 Å². The van der Waals surface area contributed by atoms with Gasteiger partial charge in [0, 0.05) is 0 Å². The van der Waals surface area contributed by atoms with Gasteiger partial charge in [-0.1, -0.05) is 0 Å². The van der Waals surface area contributed by atoms with E-state index in [-0.39, 0.29) is 0 Å². The Kier molecular flexibility index (Phi) is 8.08. The van der Waals surface area contributed by atoms with Crippen LogP contribution in [0, 0.1) is 69.2 Å². The minimum atomic E-state index is -4.64. The Morgan fingerprint density at radius 1 is 0.346 bits per heavy atom. The van der Waals surface area contributed by atoms with Gasteiger partial charge in [-0.2, -0.15) is 0 Å². The summed E-state index contributed by atoms with van der Waals surface area (Å²) in [5.74, 6) is 0. The van der Waals surface area contributed by atoms with Gasteiger partial charge in [0.25, 0.3) is 0 Å². The van der Waals surface area contributed by atoms with Crippen LogP contribution in [0.1, 0.15) is 55.6 Å². The van der Waals surface area contributed by atoms with Crippen molar-refractivity contribution < 1.29 is 2.82 Å². The minimum absolute atomic E-state index is 1.04. The molecule has 6 aromatic rings. The first kappa shape index (κ1) is 35.1. The Morgan fingerprint density at radius 2 is 0.615 bits per heavy atom. The molecule has 260 valence electrons. The average Bonchev–Trinajstić information content (AvgIpc) is 3.01. The average molecular weight is 935 g/mol. The van der Waals surface area contributed by atoms with Crippen LogP contribution in [0.4, 0.5) is 0 Å². The van der Waals surface area contributed by atoms with Crippen molar-refractivity contribution in [1.82, 2.24) is 0 Å². The molecule has 0 amide bonds. The first-order chi connectivity index (χ1) is 24.6. The summed E-state index contributed by atoms with van der Waals surface area (Å²) in [5, 5.41) is 0. The molecular weight excluding hydrogens is 893 g/mol. The normalized spacial score (nSPS) is 19.2. The molecule has 1 fully saturated rings. The number of hydrogen-bond donors (Lipinski definition) is 0. The zero-order valence-corrected chi connectivity index (χ0v) is 38.7. The molecule has 2 nitrogen and oxygen atoms in total. The van der Waals surface area contributed by atoms with Crippen LogP contribution in [0.5, 0.6) is 0 Å². The second-order valence-electron chi connectivity index (χ2n) is 15.6. The van der Waals surface area contributed by atoms with Crippen molar-refractivity contribution in [2.24, 2.45) is 0 Å². The maximum atomic E-state index is 8.03. The van der Waals surface area contributed by atoms with Crippen molar-refractivity contribution in [2.75, 3.05) is 0 Å². The number of aryl methyl sites for hydroxylation is 10. The van der Waals surface area contributed by atoms with Gasteiger partial charge in [0.2, 0.25) is 0 Å². The van der Waals surface area contributed by atoms with Crippen LogP contribution < -0.4 is 7.16 Å². The van der Waals surface area contributed by atoms with E-state index in [4.69, 9.17) is 20.7 Å². The van der Waals surface area contributed by atoms with Crippen molar-refractivity contribution in [1.29, 1.82) is 0 Å². The van der Waals surface area contributed by atoms with Gasteiger partial charge in [-0.15, -0.1) is 0 Å². The standard InChI is InChI=1S/C46H42.2ClH.2O.2Sn/c1-25-17-27(3)39(28(4)18-25)35-13-11-15-37(23-35)41-31(7)21-33(9)43-45(41)44-34(10)22-32(8)42(46(43)44)38-16-12-14-36(24-38)40-29(5)19-26(2)20-30(40)6;;;;;;/h11-22H,1-10H3;2*1H;;;;/q;;;;;2*+1/p-2. The van der Waals surface area contributed by atoms with E-state index in [1.54, 1.807) is 0 Å². The third-order valence-corrected chi connectivity index (χ3v) is 57.6. The van der Waals surface area contributed by atoms with Gasteiger partial charge >= 0.3 is 328 Å². The van der Waals surface area contributed by atoms with Gasteiger partial charge in [0.15, 0.2) is 0 Å². The summed E-state index contributed by atoms with van der Waals surface area (Å²) in [5.41, 5.74) is 27.0. The fourth-order valence-electron chi connectivity index (χ4n) is 10.1. The Hall–Kier alpha value is -2.58. The van der Waals surface area contributed by atoms with Crippen molar-refractivity contribution >= 4 is 61.2 Å². The van der Waals surface area contributed by atoms with Crippen molar-refractivity contribution in [3.63, 3.8) is 0 Å². The van der Waals surface area contributed by atoms with E-state index >= 15 is 0 Å². The van der Waals surface area contributed by atoms with Crippen LogP contribution in [0.2, 0.25) is 0 Å². The third-order valence-electron chi connectivity index (χ3n) is 11.6. The molecular formula is C46H42Cl2O2Sn2. The van der Waals surface area contributed by atoms with Gasteiger partial charge in [-0.3, -0.25) is 0 Å². The number of rotatable bonds is 2. The Bertz CT molecular complexity index is 2380. The summed E-state index contributed by atoms with van der Waals surface area (Å²) in [7, 11) is 16.1. The zero-order valence-electron chi connectivity index (χ0n) is 31.5. The van der Waals surface area contributed by atoms with E-state index in [9.17, 15) is 0 Å². The molecule has 8 bridgehead atoms. The fraction of sp³-hybridized carbons (Fsp3) is 0.217. The quantitative estimate of drug-likeness (QED) is 0.161. The van der Waals surface area contributed by atoms with Crippen LogP contribution in [-0.4, -0.2) is 36.2 Å². The monoisotopic (exact) mass is 936 g/mol. The molecule has 0 saturated carbocycles. The number of benzene rings is 6. The van der Waals surface area contributed by atoms with Crippen molar-refractivity contribution in [3.8, 4) is 66.8 Å². The SMILES string of the molecule is Cc1cc(C)c(-c2cccc3[c]2[Sn]2([Cl])[O][Sn]([Cl])([O]2)[c]2c(-c4c(C)cc(C)cc4C)cccc2-c2c(C)cc(C)c4c2-c2c(C)cc(C)c-3c2-4)c(C)c1. The van der Waals surface area contributed by atoms with Crippen LogP contribution >= 0.6 is 17.8 Å². The molecule has 5 aliphatic heterocycles. The van der Waals surface area contributed by atoms with E-state index in [0.29, 0.717) is 0 Å². The van der Waals surface area contributed by atoms with E-state index < -0.39 is 36.2 Å².